The Morgan fingerprint density at radius 3 is 3.00 bits per heavy atom. The molecule has 7 heteroatoms. The number of anilines is 1. The molecular weight excluding hydrogens is 268 g/mol. The first kappa shape index (κ1) is 14.1. The van der Waals surface area contributed by atoms with Gasteiger partial charge in [0.25, 0.3) is 0 Å². The summed E-state index contributed by atoms with van der Waals surface area (Å²) in [6.45, 7) is 6.05. The number of piperazine rings is 1. The molecule has 2 saturated heterocycles. The summed E-state index contributed by atoms with van der Waals surface area (Å²) < 4.78 is 0. The first-order chi connectivity index (χ1) is 10.2. The summed E-state index contributed by atoms with van der Waals surface area (Å²) in [7, 11) is 0. The van der Waals surface area contributed by atoms with Gasteiger partial charge in [0.05, 0.1) is 0 Å². The summed E-state index contributed by atoms with van der Waals surface area (Å²) >= 11 is 0. The highest BCUT2D eigenvalue weighted by Crippen LogP contribution is 2.23. The SMILES string of the molecule is Cc1cc(/C(N)=N/O)nc(N2CCN3CCCCC3C2)n1. The van der Waals surface area contributed by atoms with Crippen LogP contribution in [-0.4, -0.2) is 58.1 Å². The van der Waals surface area contributed by atoms with Crippen LogP contribution in [0.25, 0.3) is 0 Å². The van der Waals surface area contributed by atoms with Crippen LogP contribution in [0.2, 0.25) is 0 Å². The summed E-state index contributed by atoms with van der Waals surface area (Å²) in [5.74, 6) is 0.708. The third-order valence-corrected chi connectivity index (χ3v) is 4.33. The molecule has 7 nitrogen and oxygen atoms in total. The van der Waals surface area contributed by atoms with Crippen LogP contribution >= 0.6 is 0 Å². The number of aryl methyl sites for hydroxylation is 1. The van der Waals surface area contributed by atoms with Gasteiger partial charge in [-0.1, -0.05) is 11.6 Å². The highest BCUT2D eigenvalue weighted by Gasteiger charge is 2.30. The predicted octanol–water partition coefficient (Wildman–Crippen LogP) is 0.554. The maximum atomic E-state index is 8.82. The van der Waals surface area contributed by atoms with Crippen molar-refractivity contribution in [3.8, 4) is 0 Å². The van der Waals surface area contributed by atoms with Gasteiger partial charge in [0, 0.05) is 31.4 Å². The molecule has 3 heterocycles. The van der Waals surface area contributed by atoms with E-state index in [0.29, 0.717) is 17.7 Å². The molecule has 0 bridgehead atoms. The summed E-state index contributed by atoms with van der Waals surface area (Å²) in [4.78, 5) is 13.7. The van der Waals surface area contributed by atoms with Crippen molar-refractivity contribution in [2.45, 2.75) is 32.2 Å². The Morgan fingerprint density at radius 1 is 1.33 bits per heavy atom. The van der Waals surface area contributed by atoms with Crippen molar-refractivity contribution in [1.82, 2.24) is 14.9 Å². The van der Waals surface area contributed by atoms with Gasteiger partial charge in [-0.15, -0.1) is 0 Å². The summed E-state index contributed by atoms with van der Waals surface area (Å²) in [5.41, 5.74) is 6.96. The molecule has 114 valence electrons. The van der Waals surface area contributed by atoms with E-state index >= 15 is 0 Å². The number of nitrogens with two attached hydrogens (primary N) is 1. The van der Waals surface area contributed by atoms with E-state index in [2.05, 4.69) is 24.9 Å². The van der Waals surface area contributed by atoms with Crippen LogP contribution in [0.15, 0.2) is 11.2 Å². The largest absolute Gasteiger partial charge is 0.409 e. The Bertz CT molecular complexity index is 546. The minimum atomic E-state index is 0.0260. The molecule has 0 saturated carbocycles. The second-order valence-electron chi connectivity index (χ2n) is 5.81. The quantitative estimate of drug-likeness (QED) is 0.358. The van der Waals surface area contributed by atoms with Crippen molar-refractivity contribution < 1.29 is 5.21 Å². The molecular formula is C14H22N6O. The zero-order chi connectivity index (χ0) is 14.8. The van der Waals surface area contributed by atoms with Crippen molar-refractivity contribution in [1.29, 1.82) is 0 Å². The number of piperidine rings is 1. The number of hydrogen-bond donors (Lipinski definition) is 2. The molecule has 21 heavy (non-hydrogen) atoms. The molecule has 0 aromatic carbocycles. The van der Waals surface area contributed by atoms with Gasteiger partial charge in [0.1, 0.15) is 5.69 Å². The average Bonchev–Trinajstić information content (AvgIpc) is 2.53. The Balaban J connectivity index is 1.82. The first-order valence-corrected chi connectivity index (χ1v) is 7.50. The fourth-order valence-corrected chi connectivity index (χ4v) is 3.21. The van der Waals surface area contributed by atoms with Gasteiger partial charge in [-0.3, -0.25) is 4.90 Å². The minimum Gasteiger partial charge on any atom is -0.409 e. The molecule has 0 radical (unpaired) electrons. The zero-order valence-corrected chi connectivity index (χ0v) is 12.4. The molecule has 0 amide bonds. The fourth-order valence-electron chi connectivity index (χ4n) is 3.21. The van der Waals surface area contributed by atoms with Crippen molar-refractivity contribution in [2.75, 3.05) is 31.1 Å². The highest BCUT2D eigenvalue weighted by atomic mass is 16.4. The fraction of sp³-hybridized carbons (Fsp3) is 0.643. The average molecular weight is 290 g/mol. The standard InChI is InChI=1S/C14H22N6O/c1-10-8-12(13(15)18-21)17-14(16-10)20-7-6-19-5-3-2-4-11(19)9-20/h8,11,21H,2-7,9H2,1H3,(H2,15,18). The monoisotopic (exact) mass is 290 g/mol. The van der Waals surface area contributed by atoms with Crippen LogP contribution < -0.4 is 10.6 Å². The topological polar surface area (TPSA) is 90.9 Å². The Hall–Kier alpha value is -1.89. The number of aromatic nitrogens is 2. The van der Waals surface area contributed by atoms with Crippen molar-refractivity contribution >= 4 is 11.8 Å². The lowest BCUT2D eigenvalue weighted by Crippen LogP contribution is -2.55. The van der Waals surface area contributed by atoms with E-state index in [1.165, 1.54) is 25.8 Å². The van der Waals surface area contributed by atoms with Crippen LogP contribution in [0.3, 0.4) is 0 Å². The van der Waals surface area contributed by atoms with Crippen molar-refractivity contribution in [3.05, 3.63) is 17.5 Å². The second kappa shape index (κ2) is 5.85. The van der Waals surface area contributed by atoms with E-state index in [-0.39, 0.29) is 5.84 Å². The van der Waals surface area contributed by atoms with Crippen LogP contribution in [0.5, 0.6) is 0 Å². The lowest BCUT2D eigenvalue weighted by atomic mass is 10.00. The molecule has 2 aliphatic heterocycles. The Kier molecular flexibility index (Phi) is 3.92. The van der Waals surface area contributed by atoms with Gasteiger partial charge in [0.2, 0.25) is 5.95 Å². The number of fused-ring (bicyclic) bond motifs is 1. The van der Waals surface area contributed by atoms with Gasteiger partial charge in [-0.05, 0) is 32.4 Å². The van der Waals surface area contributed by atoms with Gasteiger partial charge < -0.3 is 15.8 Å². The van der Waals surface area contributed by atoms with E-state index in [9.17, 15) is 0 Å². The number of amidine groups is 1. The van der Waals surface area contributed by atoms with Gasteiger partial charge >= 0.3 is 0 Å². The normalized spacial score (nSPS) is 24.0. The molecule has 3 N–H and O–H groups in total. The minimum absolute atomic E-state index is 0.0260. The van der Waals surface area contributed by atoms with Crippen LogP contribution in [0, 0.1) is 6.92 Å². The summed E-state index contributed by atoms with van der Waals surface area (Å²) in [6.07, 6.45) is 3.86. The van der Waals surface area contributed by atoms with E-state index in [4.69, 9.17) is 10.9 Å². The van der Waals surface area contributed by atoms with Gasteiger partial charge in [-0.25, -0.2) is 9.97 Å². The Morgan fingerprint density at radius 2 is 2.19 bits per heavy atom. The third kappa shape index (κ3) is 2.92. The number of hydrogen-bond acceptors (Lipinski definition) is 6. The highest BCUT2D eigenvalue weighted by molar-refractivity contribution is 5.95. The first-order valence-electron chi connectivity index (χ1n) is 7.50. The number of nitrogens with zero attached hydrogens (tertiary/aromatic N) is 5. The predicted molar refractivity (Wildman–Crippen MR) is 80.7 cm³/mol. The zero-order valence-electron chi connectivity index (χ0n) is 12.4. The van der Waals surface area contributed by atoms with Gasteiger partial charge in [-0.2, -0.15) is 0 Å². The van der Waals surface area contributed by atoms with Crippen molar-refractivity contribution in [2.24, 2.45) is 10.9 Å². The molecule has 0 spiro atoms. The third-order valence-electron chi connectivity index (χ3n) is 4.33. The van der Waals surface area contributed by atoms with E-state index < -0.39 is 0 Å². The van der Waals surface area contributed by atoms with E-state index in [1.54, 1.807) is 6.07 Å². The lowest BCUT2D eigenvalue weighted by molar-refractivity contribution is 0.133. The summed E-state index contributed by atoms with van der Waals surface area (Å²) in [6, 6.07) is 2.33. The molecule has 2 aliphatic rings. The lowest BCUT2D eigenvalue weighted by Gasteiger charge is -2.44. The Labute approximate surface area is 124 Å². The van der Waals surface area contributed by atoms with E-state index in [1.807, 2.05) is 6.92 Å². The molecule has 3 rings (SSSR count). The maximum Gasteiger partial charge on any atom is 0.226 e. The second-order valence-corrected chi connectivity index (χ2v) is 5.81. The van der Waals surface area contributed by atoms with Crippen LogP contribution in [-0.2, 0) is 0 Å². The smallest absolute Gasteiger partial charge is 0.226 e. The van der Waals surface area contributed by atoms with Crippen molar-refractivity contribution in [3.63, 3.8) is 0 Å². The molecule has 2 fully saturated rings. The molecule has 1 aromatic rings. The molecule has 0 aliphatic carbocycles. The number of oxime groups is 1. The molecule has 1 unspecified atom stereocenters. The maximum absolute atomic E-state index is 8.82. The van der Waals surface area contributed by atoms with Crippen LogP contribution in [0.4, 0.5) is 5.95 Å². The number of rotatable bonds is 2. The summed E-state index contributed by atoms with van der Waals surface area (Å²) in [5, 5.41) is 11.8. The molecule has 1 atom stereocenters. The van der Waals surface area contributed by atoms with E-state index in [0.717, 1.165) is 25.3 Å². The van der Waals surface area contributed by atoms with Gasteiger partial charge in [0.15, 0.2) is 5.84 Å². The molecule has 1 aromatic heterocycles. The van der Waals surface area contributed by atoms with Crippen LogP contribution in [0.1, 0.15) is 30.7 Å².